The normalized spacial score (nSPS) is 12.9. The second-order valence-electron chi connectivity index (χ2n) is 5.58. The molecule has 0 radical (unpaired) electrons. The van der Waals surface area contributed by atoms with Crippen LogP contribution in [0, 0.1) is 5.41 Å². The third kappa shape index (κ3) is 6.07. The third-order valence-electron chi connectivity index (χ3n) is 2.80. The summed E-state index contributed by atoms with van der Waals surface area (Å²) in [5.41, 5.74) is 0.776. The summed E-state index contributed by atoms with van der Waals surface area (Å²) in [5, 5.41) is 15.2. The van der Waals surface area contributed by atoms with Crippen molar-refractivity contribution in [2.75, 3.05) is 6.54 Å². The van der Waals surface area contributed by atoms with Crippen LogP contribution in [0.3, 0.4) is 0 Å². The summed E-state index contributed by atoms with van der Waals surface area (Å²) in [6.45, 7) is 6.49. The number of aliphatic hydroxyl groups excluding tert-OH is 1. The first-order valence-corrected chi connectivity index (χ1v) is 7.02. The number of carbonyl (C=O) groups excluding carboxylic acids is 1. The molecule has 1 atom stereocenters. The van der Waals surface area contributed by atoms with E-state index >= 15 is 0 Å². The number of halogens is 1. The van der Waals surface area contributed by atoms with E-state index in [0.29, 0.717) is 6.54 Å². The average Bonchev–Trinajstić information content (AvgIpc) is 2.32. The molecule has 1 rings (SSSR count). The Labute approximate surface area is 122 Å². The standard InChI is InChI=1S/C14H21BrN2O2/c1-14(2,3)12(18)9-17-13(19)16-8-10-5-4-6-11(15)7-10/h4-7,12,18H,8-9H2,1-3H3,(H2,16,17,19). The molecule has 5 heteroatoms. The number of amides is 2. The molecule has 0 saturated carbocycles. The Morgan fingerprint density at radius 2 is 2.05 bits per heavy atom. The molecule has 1 aromatic carbocycles. The van der Waals surface area contributed by atoms with Crippen molar-refractivity contribution in [2.24, 2.45) is 5.41 Å². The molecular weight excluding hydrogens is 308 g/mol. The van der Waals surface area contributed by atoms with Crippen LogP contribution in [-0.4, -0.2) is 23.8 Å². The Kier molecular flexibility index (Phi) is 5.82. The third-order valence-corrected chi connectivity index (χ3v) is 3.29. The maximum absolute atomic E-state index is 11.6. The lowest BCUT2D eigenvalue weighted by Gasteiger charge is -2.25. The number of hydrogen-bond acceptors (Lipinski definition) is 2. The fourth-order valence-electron chi connectivity index (χ4n) is 1.39. The maximum atomic E-state index is 11.6. The number of rotatable bonds is 4. The second-order valence-corrected chi connectivity index (χ2v) is 6.49. The quantitative estimate of drug-likeness (QED) is 0.795. The summed E-state index contributed by atoms with van der Waals surface area (Å²) in [5.74, 6) is 0. The highest BCUT2D eigenvalue weighted by molar-refractivity contribution is 9.10. The van der Waals surface area contributed by atoms with Crippen molar-refractivity contribution < 1.29 is 9.90 Å². The zero-order chi connectivity index (χ0) is 14.5. The molecule has 0 aliphatic heterocycles. The van der Waals surface area contributed by atoms with Crippen LogP contribution in [-0.2, 0) is 6.54 Å². The summed E-state index contributed by atoms with van der Waals surface area (Å²) in [7, 11) is 0. The summed E-state index contributed by atoms with van der Waals surface area (Å²) in [6.07, 6.45) is -0.566. The van der Waals surface area contributed by atoms with Crippen LogP contribution in [0.2, 0.25) is 0 Å². The molecule has 0 aliphatic carbocycles. The SMILES string of the molecule is CC(C)(C)C(O)CNC(=O)NCc1cccc(Br)c1. The van der Waals surface area contributed by atoms with Gasteiger partial charge in [-0.05, 0) is 23.1 Å². The van der Waals surface area contributed by atoms with E-state index in [2.05, 4.69) is 26.6 Å². The van der Waals surface area contributed by atoms with Gasteiger partial charge in [0.05, 0.1) is 6.10 Å². The van der Waals surface area contributed by atoms with E-state index in [-0.39, 0.29) is 18.0 Å². The molecule has 3 N–H and O–H groups in total. The van der Waals surface area contributed by atoms with Gasteiger partial charge in [-0.15, -0.1) is 0 Å². The van der Waals surface area contributed by atoms with Gasteiger partial charge in [-0.2, -0.15) is 0 Å². The Morgan fingerprint density at radius 3 is 2.63 bits per heavy atom. The fraction of sp³-hybridized carbons (Fsp3) is 0.500. The molecular formula is C14H21BrN2O2. The lowest BCUT2D eigenvalue weighted by atomic mass is 9.89. The van der Waals surface area contributed by atoms with Crippen molar-refractivity contribution in [1.29, 1.82) is 0 Å². The van der Waals surface area contributed by atoms with Crippen LogP contribution in [0.5, 0.6) is 0 Å². The molecule has 0 fully saturated rings. The highest BCUT2D eigenvalue weighted by Gasteiger charge is 2.22. The van der Waals surface area contributed by atoms with Gasteiger partial charge >= 0.3 is 6.03 Å². The van der Waals surface area contributed by atoms with Crippen LogP contribution < -0.4 is 10.6 Å². The van der Waals surface area contributed by atoms with Gasteiger partial charge in [0.1, 0.15) is 0 Å². The average molecular weight is 329 g/mol. The molecule has 0 saturated heterocycles. The second kappa shape index (κ2) is 6.91. The molecule has 0 spiro atoms. The van der Waals surface area contributed by atoms with Crippen LogP contribution in [0.4, 0.5) is 4.79 Å². The molecule has 0 aliphatic rings. The number of carbonyl (C=O) groups is 1. The van der Waals surface area contributed by atoms with E-state index in [1.165, 1.54) is 0 Å². The van der Waals surface area contributed by atoms with E-state index in [0.717, 1.165) is 10.0 Å². The minimum atomic E-state index is -0.566. The highest BCUT2D eigenvalue weighted by Crippen LogP contribution is 2.18. The van der Waals surface area contributed by atoms with Gasteiger partial charge in [-0.3, -0.25) is 0 Å². The Balaban J connectivity index is 2.33. The lowest BCUT2D eigenvalue weighted by molar-refractivity contribution is 0.0650. The van der Waals surface area contributed by atoms with Crippen LogP contribution in [0.15, 0.2) is 28.7 Å². The van der Waals surface area contributed by atoms with Gasteiger partial charge in [0.15, 0.2) is 0 Å². The van der Waals surface area contributed by atoms with E-state index < -0.39 is 6.10 Å². The zero-order valence-electron chi connectivity index (χ0n) is 11.5. The van der Waals surface area contributed by atoms with Crippen LogP contribution in [0.1, 0.15) is 26.3 Å². The molecule has 0 bridgehead atoms. The molecule has 19 heavy (non-hydrogen) atoms. The minimum Gasteiger partial charge on any atom is -0.391 e. The van der Waals surface area contributed by atoms with E-state index in [1.807, 2.05) is 45.0 Å². The van der Waals surface area contributed by atoms with E-state index in [9.17, 15) is 9.90 Å². The maximum Gasteiger partial charge on any atom is 0.315 e. The van der Waals surface area contributed by atoms with Gasteiger partial charge < -0.3 is 15.7 Å². The first-order chi connectivity index (χ1) is 8.79. The molecule has 2 amide bonds. The lowest BCUT2D eigenvalue weighted by Crippen LogP contribution is -2.43. The topological polar surface area (TPSA) is 61.4 Å². The smallest absolute Gasteiger partial charge is 0.315 e. The number of benzene rings is 1. The van der Waals surface area contributed by atoms with Crippen molar-refractivity contribution in [3.05, 3.63) is 34.3 Å². The first kappa shape index (κ1) is 16.0. The van der Waals surface area contributed by atoms with Gasteiger partial charge in [-0.1, -0.05) is 48.8 Å². The first-order valence-electron chi connectivity index (χ1n) is 6.23. The van der Waals surface area contributed by atoms with Crippen LogP contribution in [0.25, 0.3) is 0 Å². The largest absolute Gasteiger partial charge is 0.391 e. The Hall–Kier alpha value is -1.07. The van der Waals surface area contributed by atoms with Crippen molar-refractivity contribution in [1.82, 2.24) is 10.6 Å². The van der Waals surface area contributed by atoms with Gasteiger partial charge in [0.25, 0.3) is 0 Å². The number of urea groups is 1. The highest BCUT2D eigenvalue weighted by atomic mass is 79.9. The molecule has 0 aromatic heterocycles. The predicted octanol–water partition coefficient (Wildman–Crippen LogP) is 2.66. The minimum absolute atomic E-state index is 0.239. The summed E-state index contributed by atoms with van der Waals surface area (Å²) in [6, 6.07) is 7.47. The van der Waals surface area contributed by atoms with E-state index in [1.54, 1.807) is 0 Å². The number of aliphatic hydroxyl groups is 1. The Morgan fingerprint density at radius 1 is 1.37 bits per heavy atom. The van der Waals surface area contributed by atoms with Crippen molar-refractivity contribution in [2.45, 2.75) is 33.4 Å². The van der Waals surface area contributed by atoms with Crippen molar-refractivity contribution in [3.8, 4) is 0 Å². The van der Waals surface area contributed by atoms with Gasteiger partial charge in [0.2, 0.25) is 0 Å². The van der Waals surface area contributed by atoms with Gasteiger partial charge in [-0.25, -0.2) is 4.79 Å². The van der Waals surface area contributed by atoms with Crippen molar-refractivity contribution in [3.63, 3.8) is 0 Å². The zero-order valence-corrected chi connectivity index (χ0v) is 13.1. The van der Waals surface area contributed by atoms with E-state index in [4.69, 9.17) is 0 Å². The molecule has 0 heterocycles. The predicted molar refractivity (Wildman–Crippen MR) is 79.8 cm³/mol. The number of hydrogen-bond donors (Lipinski definition) is 3. The Bertz CT molecular complexity index is 430. The molecule has 4 nitrogen and oxygen atoms in total. The number of nitrogens with one attached hydrogen (secondary N) is 2. The monoisotopic (exact) mass is 328 g/mol. The summed E-state index contributed by atoms with van der Waals surface area (Å²) < 4.78 is 0.982. The molecule has 106 valence electrons. The summed E-state index contributed by atoms with van der Waals surface area (Å²) >= 11 is 3.38. The van der Waals surface area contributed by atoms with Gasteiger partial charge in [0, 0.05) is 17.6 Å². The summed E-state index contributed by atoms with van der Waals surface area (Å²) in [4.78, 5) is 11.6. The van der Waals surface area contributed by atoms with Crippen molar-refractivity contribution >= 4 is 22.0 Å². The van der Waals surface area contributed by atoms with Crippen LogP contribution >= 0.6 is 15.9 Å². The molecule has 1 aromatic rings. The fourth-order valence-corrected chi connectivity index (χ4v) is 1.83. The molecule has 1 unspecified atom stereocenters.